The quantitative estimate of drug-likeness (QED) is 0.378. The highest BCUT2D eigenvalue weighted by atomic mass is 16.5. The molecule has 0 unspecified atom stereocenters. The van der Waals surface area contributed by atoms with Crippen LogP contribution in [0.3, 0.4) is 0 Å². The smallest absolute Gasteiger partial charge is 0.191 e. The minimum Gasteiger partial charge on any atom is -0.364 e. The molecule has 2 heterocycles. The Kier molecular flexibility index (Phi) is 7.73. The van der Waals surface area contributed by atoms with E-state index < -0.39 is 0 Å². The predicted molar refractivity (Wildman–Crippen MR) is 119 cm³/mol. The minimum absolute atomic E-state index is 0.465. The van der Waals surface area contributed by atoms with Gasteiger partial charge in [0, 0.05) is 37.3 Å². The third kappa shape index (κ3) is 5.86. The molecule has 0 radical (unpaired) electrons. The van der Waals surface area contributed by atoms with E-state index in [-0.39, 0.29) is 0 Å². The van der Waals surface area contributed by atoms with Crippen molar-refractivity contribution >= 4 is 11.6 Å². The van der Waals surface area contributed by atoms with Gasteiger partial charge in [-0.25, -0.2) is 4.99 Å². The van der Waals surface area contributed by atoms with Crippen LogP contribution >= 0.6 is 0 Å². The zero-order chi connectivity index (χ0) is 20.5. The van der Waals surface area contributed by atoms with Crippen LogP contribution < -0.4 is 15.5 Å². The Morgan fingerprint density at radius 2 is 1.93 bits per heavy atom. The highest BCUT2D eigenvalue weighted by Crippen LogP contribution is 2.22. The maximum absolute atomic E-state index is 5.51. The van der Waals surface area contributed by atoms with Crippen LogP contribution in [0.25, 0.3) is 0 Å². The van der Waals surface area contributed by atoms with Crippen molar-refractivity contribution in [1.29, 1.82) is 0 Å². The highest BCUT2D eigenvalue weighted by molar-refractivity contribution is 5.79. The first-order valence-corrected chi connectivity index (χ1v) is 10.7. The highest BCUT2D eigenvalue weighted by Gasteiger charge is 2.13. The normalized spacial score (nSPS) is 14.1. The molecule has 2 N–H and O–H groups in total. The van der Waals surface area contributed by atoms with Crippen LogP contribution in [0.4, 0.5) is 5.69 Å². The van der Waals surface area contributed by atoms with E-state index >= 15 is 0 Å². The van der Waals surface area contributed by atoms with E-state index in [9.17, 15) is 0 Å². The number of hydrogen-bond acceptors (Lipinski definition) is 4. The lowest BCUT2D eigenvalue weighted by Crippen LogP contribution is -2.36. The van der Waals surface area contributed by atoms with Gasteiger partial charge in [-0.3, -0.25) is 0 Å². The molecule has 0 aliphatic carbocycles. The van der Waals surface area contributed by atoms with Gasteiger partial charge in [-0.05, 0) is 37.5 Å². The number of rotatable bonds is 9. The van der Waals surface area contributed by atoms with E-state index in [0.717, 1.165) is 49.9 Å². The third-order valence-corrected chi connectivity index (χ3v) is 5.27. The van der Waals surface area contributed by atoms with Crippen LogP contribution in [0.2, 0.25) is 0 Å². The van der Waals surface area contributed by atoms with Crippen molar-refractivity contribution in [3.63, 3.8) is 0 Å². The van der Waals surface area contributed by atoms with Crippen LogP contribution in [0.5, 0.6) is 0 Å². The van der Waals surface area contributed by atoms with E-state index in [4.69, 9.17) is 9.52 Å². The molecule has 1 aliphatic rings. The fourth-order valence-corrected chi connectivity index (χ4v) is 3.53. The lowest BCUT2D eigenvalue weighted by molar-refractivity contribution is 0.368. The fourth-order valence-electron chi connectivity index (χ4n) is 3.53. The van der Waals surface area contributed by atoms with Crippen molar-refractivity contribution in [2.45, 2.75) is 52.6 Å². The standard InChI is InChI=1S/C23H33N5O/c1-4-19(5-2)22-15-21(29-27-22)17-26-23(24-6-3)25-16-18-10-9-11-20(14-18)28-12-7-8-13-28/h7-11,14-15,19H,4-6,12-13,16-17H2,1-3H3,(H2,24,25,26). The molecule has 156 valence electrons. The predicted octanol–water partition coefficient (Wildman–Crippen LogP) is 4.21. The fraction of sp³-hybridized carbons (Fsp3) is 0.478. The summed E-state index contributed by atoms with van der Waals surface area (Å²) < 4.78 is 5.51. The average Bonchev–Trinajstić information content (AvgIpc) is 3.44. The number of guanidine groups is 1. The molecule has 0 saturated heterocycles. The van der Waals surface area contributed by atoms with Crippen molar-refractivity contribution in [3.05, 3.63) is 59.5 Å². The number of nitrogens with zero attached hydrogens (tertiary/aromatic N) is 3. The Morgan fingerprint density at radius 1 is 1.14 bits per heavy atom. The Balaban J connectivity index is 1.59. The Labute approximate surface area is 174 Å². The molecule has 0 spiro atoms. The lowest BCUT2D eigenvalue weighted by atomic mass is 9.99. The number of aromatic nitrogens is 1. The van der Waals surface area contributed by atoms with Crippen LogP contribution in [0.15, 0.2) is 52.0 Å². The number of benzene rings is 1. The molecule has 0 atom stereocenters. The second-order valence-electron chi connectivity index (χ2n) is 7.33. The van der Waals surface area contributed by atoms with E-state index in [1.54, 1.807) is 0 Å². The zero-order valence-electron chi connectivity index (χ0n) is 17.8. The van der Waals surface area contributed by atoms with E-state index in [1.807, 2.05) is 0 Å². The van der Waals surface area contributed by atoms with Gasteiger partial charge in [0.05, 0.1) is 18.8 Å². The lowest BCUT2D eigenvalue weighted by Gasteiger charge is -2.18. The van der Waals surface area contributed by atoms with Crippen molar-refractivity contribution in [2.24, 2.45) is 4.99 Å². The monoisotopic (exact) mass is 395 g/mol. The number of hydrogen-bond donors (Lipinski definition) is 2. The van der Waals surface area contributed by atoms with Gasteiger partial charge < -0.3 is 20.1 Å². The summed E-state index contributed by atoms with van der Waals surface area (Å²) in [5, 5.41) is 10.9. The molecule has 3 rings (SSSR count). The van der Waals surface area contributed by atoms with Gasteiger partial charge in [0.15, 0.2) is 11.7 Å². The van der Waals surface area contributed by atoms with E-state index in [2.05, 4.69) is 83.9 Å². The second kappa shape index (κ2) is 10.7. The molecule has 1 aliphatic heterocycles. The molecule has 0 fully saturated rings. The first kappa shape index (κ1) is 21.0. The van der Waals surface area contributed by atoms with Gasteiger partial charge in [0.25, 0.3) is 0 Å². The van der Waals surface area contributed by atoms with Gasteiger partial charge in [0.2, 0.25) is 0 Å². The molecule has 6 heteroatoms. The topological polar surface area (TPSA) is 65.7 Å². The molecule has 29 heavy (non-hydrogen) atoms. The maximum atomic E-state index is 5.51. The van der Waals surface area contributed by atoms with Gasteiger partial charge in [-0.2, -0.15) is 0 Å². The molecule has 1 aromatic heterocycles. The molecule has 1 aromatic carbocycles. The summed E-state index contributed by atoms with van der Waals surface area (Å²) in [4.78, 5) is 7.08. The van der Waals surface area contributed by atoms with E-state index in [1.165, 1.54) is 11.3 Å². The van der Waals surface area contributed by atoms with Crippen molar-refractivity contribution in [1.82, 2.24) is 15.8 Å². The van der Waals surface area contributed by atoms with Crippen molar-refractivity contribution in [2.75, 3.05) is 24.5 Å². The number of aliphatic imine (C=N–C) groups is 1. The Hall–Kier alpha value is -2.76. The van der Waals surface area contributed by atoms with Crippen LogP contribution in [-0.4, -0.2) is 30.8 Å². The van der Waals surface area contributed by atoms with Gasteiger partial charge in [0.1, 0.15) is 0 Å². The largest absolute Gasteiger partial charge is 0.364 e. The molecular weight excluding hydrogens is 362 g/mol. The van der Waals surface area contributed by atoms with Crippen LogP contribution in [0, 0.1) is 0 Å². The average molecular weight is 396 g/mol. The van der Waals surface area contributed by atoms with Crippen LogP contribution in [0.1, 0.15) is 56.5 Å². The summed E-state index contributed by atoms with van der Waals surface area (Å²) >= 11 is 0. The van der Waals surface area contributed by atoms with Gasteiger partial charge >= 0.3 is 0 Å². The molecule has 0 amide bonds. The minimum atomic E-state index is 0.465. The number of nitrogens with one attached hydrogen (secondary N) is 2. The summed E-state index contributed by atoms with van der Waals surface area (Å²) in [7, 11) is 0. The second-order valence-corrected chi connectivity index (χ2v) is 7.33. The van der Waals surface area contributed by atoms with Crippen LogP contribution in [-0.2, 0) is 13.1 Å². The van der Waals surface area contributed by atoms with Gasteiger partial charge in [-0.15, -0.1) is 0 Å². The maximum Gasteiger partial charge on any atom is 0.191 e. The SMILES string of the molecule is CCNC(=NCc1cccc(N2CC=CC2)c1)NCc1cc(C(CC)CC)no1. The third-order valence-electron chi connectivity index (χ3n) is 5.27. The summed E-state index contributed by atoms with van der Waals surface area (Å²) in [5.41, 5.74) is 3.49. The summed E-state index contributed by atoms with van der Waals surface area (Å²) in [6.07, 6.45) is 6.56. The number of anilines is 1. The van der Waals surface area contributed by atoms with Crippen molar-refractivity contribution in [3.8, 4) is 0 Å². The summed E-state index contributed by atoms with van der Waals surface area (Å²) in [6.45, 7) is 10.4. The molecule has 2 aromatic rings. The molecule has 6 nitrogen and oxygen atoms in total. The van der Waals surface area contributed by atoms with Crippen molar-refractivity contribution < 1.29 is 4.52 Å². The summed E-state index contributed by atoms with van der Waals surface area (Å²) in [5.74, 6) is 2.08. The molecule has 0 bridgehead atoms. The Bertz CT molecular complexity index is 814. The van der Waals surface area contributed by atoms with E-state index in [0.29, 0.717) is 19.0 Å². The zero-order valence-corrected chi connectivity index (χ0v) is 17.8. The Morgan fingerprint density at radius 3 is 2.66 bits per heavy atom. The summed E-state index contributed by atoms with van der Waals surface area (Å²) in [6, 6.07) is 10.7. The molecule has 0 saturated carbocycles. The first-order valence-electron chi connectivity index (χ1n) is 10.7. The molecular formula is C23H33N5O. The van der Waals surface area contributed by atoms with Gasteiger partial charge in [-0.1, -0.05) is 43.3 Å². The first-order chi connectivity index (χ1) is 14.2.